The van der Waals surface area contributed by atoms with Gasteiger partial charge in [0.05, 0.1) is 24.0 Å². The third-order valence-corrected chi connectivity index (χ3v) is 4.39. The van der Waals surface area contributed by atoms with Crippen molar-refractivity contribution in [3.05, 3.63) is 48.3 Å². The first-order valence-electron chi connectivity index (χ1n) is 8.39. The van der Waals surface area contributed by atoms with Gasteiger partial charge in [0.2, 0.25) is 0 Å². The lowest BCUT2D eigenvalue weighted by Crippen LogP contribution is -2.14. The number of rotatable bonds is 3. The highest BCUT2D eigenvalue weighted by Gasteiger charge is 2.32. The van der Waals surface area contributed by atoms with Crippen molar-refractivity contribution in [1.82, 2.24) is 29.4 Å². The molecule has 0 aliphatic carbocycles. The van der Waals surface area contributed by atoms with Gasteiger partial charge in [0, 0.05) is 23.9 Å². The number of aromatic nitrogens is 6. The first-order chi connectivity index (χ1) is 13.2. The molecule has 28 heavy (non-hydrogen) atoms. The molecule has 7 nitrogen and oxygen atoms in total. The van der Waals surface area contributed by atoms with E-state index in [0.717, 1.165) is 11.9 Å². The molecule has 10 heteroatoms. The van der Waals surface area contributed by atoms with Crippen LogP contribution in [0.15, 0.2) is 36.8 Å². The number of hydrogen-bond acceptors (Lipinski definition) is 5. The van der Waals surface area contributed by atoms with E-state index in [1.165, 1.54) is 4.52 Å². The molecule has 0 aliphatic heterocycles. The van der Waals surface area contributed by atoms with Gasteiger partial charge in [-0.2, -0.15) is 23.4 Å². The Kier molecular flexibility index (Phi) is 4.06. The number of imidazole rings is 1. The first kappa shape index (κ1) is 18.0. The Morgan fingerprint density at radius 2 is 1.96 bits per heavy atom. The fraction of sp³-hybridized carbons (Fsp3) is 0.222. The summed E-state index contributed by atoms with van der Waals surface area (Å²) in [5.74, 6) is 0.457. The molecule has 0 atom stereocenters. The van der Waals surface area contributed by atoms with Crippen LogP contribution >= 0.6 is 0 Å². The number of nitrogen functional groups attached to an aromatic ring is 1. The van der Waals surface area contributed by atoms with Gasteiger partial charge < -0.3 is 5.73 Å². The Morgan fingerprint density at radius 3 is 2.68 bits per heavy atom. The number of nitrogens with zero attached hydrogens (tertiary/aromatic N) is 6. The SMILES string of the molecule is Cc1nc(-c2cnn(C)c2-c2cccc(N)c2)c2c(CC(F)(F)F)ncnn12. The lowest BCUT2D eigenvalue weighted by Gasteiger charge is -2.09. The largest absolute Gasteiger partial charge is 0.399 e. The van der Waals surface area contributed by atoms with E-state index in [0.29, 0.717) is 28.5 Å². The summed E-state index contributed by atoms with van der Waals surface area (Å²) in [7, 11) is 1.75. The molecule has 0 amide bonds. The van der Waals surface area contributed by atoms with Crippen LogP contribution < -0.4 is 5.73 Å². The Bertz CT molecular complexity index is 1170. The van der Waals surface area contributed by atoms with Crippen LogP contribution in [0, 0.1) is 6.92 Å². The van der Waals surface area contributed by atoms with Crippen molar-refractivity contribution >= 4 is 11.2 Å². The maximum Gasteiger partial charge on any atom is 0.394 e. The Balaban J connectivity index is 1.99. The van der Waals surface area contributed by atoms with Gasteiger partial charge in [-0.25, -0.2) is 14.5 Å². The number of fused-ring (bicyclic) bond motifs is 1. The smallest absolute Gasteiger partial charge is 0.394 e. The number of halogens is 3. The van der Waals surface area contributed by atoms with E-state index in [1.54, 1.807) is 43.0 Å². The minimum Gasteiger partial charge on any atom is -0.399 e. The van der Waals surface area contributed by atoms with Crippen LogP contribution in [0.4, 0.5) is 18.9 Å². The van der Waals surface area contributed by atoms with E-state index in [9.17, 15) is 13.2 Å². The van der Waals surface area contributed by atoms with Crippen LogP contribution in [-0.4, -0.2) is 35.5 Å². The zero-order chi connectivity index (χ0) is 20.1. The predicted octanol–water partition coefficient (Wildman–Crippen LogP) is 3.19. The van der Waals surface area contributed by atoms with Crippen LogP contribution in [0.25, 0.3) is 28.0 Å². The molecule has 0 radical (unpaired) electrons. The average molecular weight is 387 g/mol. The lowest BCUT2D eigenvalue weighted by atomic mass is 10.0. The second kappa shape index (κ2) is 6.32. The number of anilines is 1. The first-order valence-corrected chi connectivity index (χ1v) is 8.39. The molecule has 0 fully saturated rings. The molecule has 3 aromatic heterocycles. The van der Waals surface area contributed by atoms with E-state index in [-0.39, 0.29) is 11.2 Å². The summed E-state index contributed by atoms with van der Waals surface area (Å²) in [4.78, 5) is 8.36. The lowest BCUT2D eigenvalue weighted by molar-refractivity contribution is -0.127. The highest BCUT2D eigenvalue weighted by molar-refractivity contribution is 5.88. The Morgan fingerprint density at radius 1 is 1.18 bits per heavy atom. The van der Waals surface area contributed by atoms with Gasteiger partial charge in [-0.05, 0) is 19.1 Å². The van der Waals surface area contributed by atoms with Gasteiger partial charge >= 0.3 is 6.18 Å². The van der Waals surface area contributed by atoms with Crippen LogP contribution in [0.1, 0.15) is 11.5 Å². The average Bonchev–Trinajstić information content (AvgIpc) is 3.15. The molecule has 0 saturated heterocycles. The Labute approximate surface area is 157 Å². The fourth-order valence-corrected chi connectivity index (χ4v) is 3.28. The molecule has 3 heterocycles. The quantitative estimate of drug-likeness (QED) is 0.546. The van der Waals surface area contributed by atoms with Crippen molar-refractivity contribution in [2.75, 3.05) is 5.73 Å². The van der Waals surface area contributed by atoms with Crippen molar-refractivity contribution in [3.8, 4) is 22.5 Å². The maximum absolute atomic E-state index is 13.1. The summed E-state index contributed by atoms with van der Waals surface area (Å²) in [6.45, 7) is 1.68. The van der Waals surface area contributed by atoms with Crippen molar-refractivity contribution in [2.45, 2.75) is 19.5 Å². The number of hydrogen-bond donors (Lipinski definition) is 1. The van der Waals surface area contributed by atoms with Crippen LogP contribution in [0.2, 0.25) is 0 Å². The van der Waals surface area contributed by atoms with E-state index in [4.69, 9.17) is 5.73 Å². The number of benzene rings is 1. The van der Waals surface area contributed by atoms with Gasteiger partial charge in [-0.1, -0.05) is 12.1 Å². The van der Waals surface area contributed by atoms with Crippen molar-refractivity contribution in [1.29, 1.82) is 0 Å². The third-order valence-electron chi connectivity index (χ3n) is 4.39. The third kappa shape index (κ3) is 3.06. The highest BCUT2D eigenvalue weighted by Crippen LogP contribution is 2.36. The fourth-order valence-electron chi connectivity index (χ4n) is 3.28. The number of aryl methyl sites for hydroxylation is 2. The topological polar surface area (TPSA) is 86.9 Å². The minimum atomic E-state index is -4.41. The standard InChI is InChI=1S/C18H16F3N7/c1-10-26-15(17-14(7-18(19,20)21)23-9-25-28(10)17)13-8-24-27(2)16(13)11-4-3-5-12(22)6-11/h3-6,8-9H,7,22H2,1-2H3. The van der Waals surface area contributed by atoms with Crippen LogP contribution in [0.5, 0.6) is 0 Å². The van der Waals surface area contributed by atoms with Gasteiger partial charge in [0.1, 0.15) is 23.4 Å². The monoisotopic (exact) mass is 387 g/mol. The van der Waals surface area contributed by atoms with E-state index in [2.05, 4.69) is 20.2 Å². The minimum absolute atomic E-state index is 0.138. The van der Waals surface area contributed by atoms with Gasteiger partial charge in [0.15, 0.2) is 0 Å². The molecule has 0 saturated carbocycles. The molecule has 0 spiro atoms. The summed E-state index contributed by atoms with van der Waals surface area (Å²) < 4.78 is 42.3. The molecule has 4 rings (SSSR count). The zero-order valence-corrected chi connectivity index (χ0v) is 15.1. The van der Waals surface area contributed by atoms with Crippen LogP contribution in [0.3, 0.4) is 0 Å². The molecule has 2 N–H and O–H groups in total. The van der Waals surface area contributed by atoms with Gasteiger partial charge in [-0.15, -0.1) is 0 Å². The second-order valence-electron chi connectivity index (χ2n) is 6.42. The summed E-state index contributed by atoms with van der Waals surface area (Å²) >= 11 is 0. The zero-order valence-electron chi connectivity index (χ0n) is 15.1. The van der Waals surface area contributed by atoms with E-state index < -0.39 is 12.6 Å². The molecule has 0 bridgehead atoms. The van der Waals surface area contributed by atoms with Crippen LogP contribution in [-0.2, 0) is 13.5 Å². The van der Waals surface area contributed by atoms with E-state index in [1.807, 2.05) is 6.07 Å². The molecule has 1 aromatic carbocycles. The molecular formula is C18H16F3N7. The highest BCUT2D eigenvalue weighted by atomic mass is 19.4. The van der Waals surface area contributed by atoms with Gasteiger partial charge in [0.25, 0.3) is 0 Å². The van der Waals surface area contributed by atoms with Crippen molar-refractivity contribution in [2.24, 2.45) is 7.05 Å². The predicted molar refractivity (Wildman–Crippen MR) is 97.3 cm³/mol. The summed E-state index contributed by atoms with van der Waals surface area (Å²) in [5, 5.41) is 8.35. The van der Waals surface area contributed by atoms with Crippen molar-refractivity contribution in [3.63, 3.8) is 0 Å². The molecule has 144 valence electrons. The molecule has 0 unspecified atom stereocenters. The number of alkyl halides is 3. The van der Waals surface area contributed by atoms with Gasteiger partial charge in [-0.3, -0.25) is 4.68 Å². The van der Waals surface area contributed by atoms with Crippen molar-refractivity contribution < 1.29 is 13.2 Å². The normalized spacial score (nSPS) is 12.0. The summed E-state index contributed by atoms with van der Waals surface area (Å²) in [6.07, 6.45) is -2.90. The summed E-state index contributed by atoms with van der Waals surface area (Å²) in [5.41, 5.74) is 8.94. The Hall–Kier alpha value is -3.43. The molecule has 0 aliphatic rings. The number of nitrogens with two attached hydrogens (primary N) is 1. The maximum atomic E-state index is 13.1. The second-order valence-corrected chi connectivity index (χ2v) is 6.42. The molecular weight excluding hydrogens is 371 g/mol. The van der Waals surface area contributed by atoms with E-state index >= 15 is 0 Å². The summed E-state index contributed by atoms with van der Waals surface area (Å²) in [6, 6.07) is 7.19. The molecule has 4 aromatic rings.